The molecule has 0 saturated carbocycles. The molecule has 0 aliphatic rings. The molecule has 1 heterocycles. The number of anilines is 1. The van der Waals surface area contributed by atoms with Gasteiger partial charge in [-0.3, -0.25) is 0 Å². The first-order valence-corrected chi connectivity index (χ1v) is 6.29. The lowest BCUT2D eigenvalue weighted by Gasteiger charge is -2.05. The van der Waals surface area contributed by atoms with Gasteiger partial charge in [-0.2, -0.15) is 0 Å². The number of benzene rings is 1. The molecule has 2 aromatic rings. The molecule has 0 radical (unpaired) electrons. The van der Waals surface area contributed by atoms with Gasteiger partial charge in [0, 0.05) is 7.05 Å². The summed E-state index contributed by atoms with van der Waals surface area (Å²) < 4.78 is 5.28. The van der Waals surface area contributed by atoms with Crippen molar-refractivity contribution in [3.63, 3.8) is 0 Å². The minimum Gasteiger partial charge on any atom is -0.366 e. The fourth-order valence-corrected chi connectivity index (χ4v) is 1.67. The van der Waals surface area contributed by atoms with Crippen molar-refractivity contribution in [1.29, 1.82) is 0 Å². The number of aromatic nitrogens is 1. The van der Waals surface area contributed by atoms with E-state index in [1.807, 2.05) is 49.4 Å². The number of nitrogens with one attached hydrogen (secondary N) is 2. The minimum atomic E-state index is 0.528. The topological polar surface area (TPSA) is 50.1 Å². The molecule has 0 aliphatic heterocycles. The zero-order valence-corrected chi connectivity index (χ0v) is 11.6. The Hall–Kier alpha value is -2.14. The van der Waals surface area contributed by atoms with Crippen LogP contribution in [0.5, 0.6) is 0 Å². The molecule has 1 aromatic heterocycles. The fourth-order valence-electron chi connectivity index (χ4n) is 1.57. The van der Waals surface area contributed by atoms with Crippen molar-refractivity contribution in [2.75, 3.05) is 12.4 Å². The Bertz CT molecular complexity index is 590. The monoisotopic (exact) mass is 273 g/mol. The molecule has 2 N–H and O–H groups in total. The number of rotatable bonds is 3. The molecule has 0 amide bonds. The van der Waals surface area contributed by atoms with E-state index in [4.69, 9.17) is 16.7 Å². The second kappa shape index (κ2) is 6.15. The van der Waals surface area contributed by atoms with Crippen LogP contribution in [0.1, 0.15) is 17.0 Å². The van der Waals surface area contributed by atoms with E-state index < -0.39 is 0 Å². The van der Waals surface area contributed by atoms with Gasteiger partial charge in [0.15, 0.2) is 10.9 Å². The lowest BCUT2D eigenvalue weighted by molar-refractivity contribution is 0.408. The Morgan fingerprint density at radius 1 is 1.26 bits per heavy atom. The van der Waals surface area contributed by atoms with Crippen molar-refractivity contribution >= 4 is 35.2 Å². The molecule has 0 bridgehead atoms. The molecule has 0 atom stereocenters. The van der Waals surface area contributed by atoms with Crippen molar-refractivity contribution in [2.45, 2.75) is 6.92 Å². The molecular formula is C14H15N3OS. The van der Waals surface area contributed by atoms with Gasteiger partial charge in [0.2, 0.25) is 0 Å². The van der Waals surface area contributed by atoms with E-state index in [-0.39, 0.29) is 0 Å². The summed E-state index contributed by atoms with van der Waals surface area (Å²) in [7, 11) is 1.76. The minimum absolute atomic E-state index is 0.528. The molecule has 2 rings (SSSR count). The highest BCUT2D eigenvalue weighted by Crippen LogP contribution is 2.22. The number of hydrogen-bond donors (Lipinski definition) is 2. The third-order valence-corrected chi connectivity index (χ3v) is 2.89. The highest BCUT2D eigenvalue weighted by molar-refractivity contribution is 7.80. The summed E-state index contributed by atoms with van der Waals surface area (Å²) in [6.45, 7) is 1.87. The van der Waals surface area contributed by atoms with Crippen molar-refractivity contribution in [3.8, 4) is 0 Å². The van der Waals surface area contributed by atoms with Crippen molar-refractivity contribution in [1.82, 2.24) is 10.5 Å². The SMILES string of the molecule is CNC(=S)Nc1c(C)noc1/C=C/c1ccccc1. The van der Waals surface area contributed by atoms with Gasteiger partial charge in [-0.25, -0.2) is 0 Å². The lowest BCUT2D eigenvalue weighted by atomic mass is 10.2. The number of hydrogen-bond acceptors (Lipinski definition) is 3. The summed E-state index contributed by atoms with van der Waals surface area (Å²) >= 11 is 5.08. The molecular weight excluding hydrogens is 258 g/mol. The smallest absolute Gasteiger partial charge is 0.183 e. The first kappa shape index (κ1) is 13.3. The molecule has 0 saturated heterocycles. The summed E-state index contributed by atoms with van der Waals surface area (Å²) in [6.07, 6.45) is 3.84. The van der Waals surface area contributed by atoms with Gasteiger partial charge < -0.3 is 15.2 Å². The van der Waals surface area contributed by atoms with Crippen LogP contribution in [-0.4, -0.2) is 17.3 Å². The third-order valence-electron chi connectivity index (χ3n) is 2.58. The maximum absolute atomic E-state index is 5.28. The average Bonchev–Trinajstić information content (AvgIpc) is 2.78. The number of aryl methyl sites for hydroxylation is 1. The Morgan fingerprint density at radius 3 is 2.68 bits per heavy atom. The summed E-state index contributed by atoms with van der Waals surface area (Å²) in [5.41, 5.74) is 2.65. The van der Waals surface area contributed by atoms with Gasteiger partial charge in [-0.05, 0) is 30.8 Å². The highest BCUT2D eigenvalue weighted by Gasteiger charge is 2.11. The standard InChI is InChI=1S/C14H15N3OS/c1-10-13(16-14(19)15-2)12(18-17-10)9-8-11-6-4-3-5-7-11/h3-9H,1-2H3,(H2,15,16,19)/b9-8+. The van der Waals surface area contributed by atoms with Crippen LogP contribution >= 0.6 is 12.2 Å². The molecule has 0 unspecified atom stereocenters. The molecule has 4 nitrogen and oxygen atoms in total. The highest BCUT2D eigenvalue weighted by atomic mass is 32.1. The Balaban J connectivity index is 2.21. The van der Waals surface area contributed by atoms with Crippen molar-refractivity contribution < 1.29 is 4.52 Å². The van der Waals surface area contributed by atoms with Gasteiger partial charge in [-0.15, -0.1) is 0 Å². The van der Waals surface area contributed by atoms with E-state index in [0.717, 1.165) is 16.9 Å². The van der Waals surface area contributed by atoms with Gasteiger partial charge in [0.25, 0.3) is 0 Å². The van der Waals surface area contributed by atoms with E-state index in [9.17, 15) is 0 Å². The van der Waals surface area contributed by atoms with E-state index in [2.05, 4.69) is 15.8 Å². The van der Waals surface area contributed by atoms with E-state index >= 15 is 0 Å². The maximum Gasteiger partial charge on any atom is 0.183 e. The molecule has 0 spiro atoms. The van der Waals surface area contributed by atoms with E-state index in [1.165, 1.54) is 0 Å². The van der Waals surface area contributed by atoms with Crippen molar-refractivity contribution in [2.24, 2.45) is 0 Å². The predicted octanol–water partition coefficient (Wildman–Crippen LogP) is 3.07. The molecule has 5 heteroatoms. The first-order valence-electron chi connectivity index (χ1n) is 5.89. The largest absolute Gasteiger partial charge is 0.366 e. The van der Waals surface area contributed by atoms with Crippen molar-refractivity contribution in [3.05, 3.63) is 47.3 Å². The predicted molar refractivity (Wildman–Crippen MR) is 81.9 cm³/mol. The Morgan fingerprint density at radius 2 is 2.00 bits per heavy atom. The molecule has 0 fully saturated rings. The van der Waals surface area contributed by atoms with Crippen LogP contribution in [0.25, 0.3) is 12.2 Å². The van der Waals surface area contributed by atoms with Gasteiger partial charge >= 0.3 is 0 Å². The number of thiocarbonyl (C=S) groups is 1. The van der Waals surface area contributed by atoms with E-state index in [0.29, 0.717) is 10.9 Å². The van der Waals surface area contributed by atoms with Crippen LogP contribution in [0.3, 0.4) is 0 Å². The second-order valence-electron chi connectivity index (χ2n) is 3.96. The Labute approximate surface area is 117 Å². The molecule has 19 heavy (non-hydrogen) atoms. The first-order chi connectivity index (χ1) is 9.20. The third kappa shape index (κ3) is 3.42. The average molecular weight is 273 g/mol. The lowest BCUT2D eigenvalue weighted by Crippen LogP contribution is -2.24. The van der Waals surface area contributed by atoms with Crippen LogP contribution in [0.4, 0.5) is 5.69 Å². The van der Waals surface area contributed by atoms with Gasteiger partial charge in [0.05, 0.1) is 0 Å². The summed E-state index contributed by atoms with van der Waals surface area (Å²) in [5, 5.41) is 10.4. The normalized spacial score (nSPS) is 10.6. The zero-order valence-electron chi connectivity index (χ0n) is 10.8. The summed E-state index contributed by atoms with van der Waals surface area (Å²) in [4.78, 5) is 0. The van der Waals surface area contributed by atoms with Gasteiger partial charge in [0.1, 0.15) is 11.4 Å². The summed E-state index contributed by atoms with van der Waals surface area (Å²) in [5.74, 6) is 0.652. The summed E-state index contributed by atoms with van der Waals surface area (Å²) in [6, 6.07) is 9.99. The molecule has 98 valence electrons. The Kier molecular flexibility index (Phi) is 4.30. The second-order valence-corrected chi connectivity index (χ2v) is 4.36. The zero-order chi connectivity index (χ0) is 13.7. The quantitative estimate of drug-likeness (QED) is 0.842. The van der Waals surface area contributed by atoms with Crippen LogP contribution < -0.4 is 10.6 Å². The van der Waals surface area contributed by atoms with Crippen LogP contribution in [0, 0.1) is 6.92 Å². The maximum atomic E-state index is 5.28. The van der Waals surface area contributed by atoms with Crippen LogP contribution in [-0.2, 0) is 0 Å². The van der Waals surface area contributed by atoms with E-state index in [1.54, 1.807) is 7.05 Å². The van der Waals surface area contributed by atoms with Crippen LogP contribution in [0.15, 0.2) is 34.9 Å². The number of nitrogens with zero attached hydrogens (tertiary/aromatic N) is 1. The molecule has 0 aliphatic carbocycles. The molecule has 1 aromatic carbocycles. The van der Waals surface area contributed by atoms with Crippen LogP contribution in [0.2, 0.25) is 0 Å². The fraction of sp³-hybridized carbons (Fsp3) is 0.143. The van der Waals surface area contributed by atoms with Gasteiger partial charge in [-0.1, -0.05) is 41.6 Å².